The van der Waals surface area contributed by atoms with E-state index < -0.39 is 17.7 Å². The Morgan fingerprint density at radius 3 is 2.53 bits per heavy atom. The van der Waals surface area contributed by atoms with Gasteiger partial charge in [0, 0.05) is 6.54 Å². The van der Waals surface area contributed by atoms with Crippen molar-refractivity contribution >= 4 is 17.4 Å². The van der Waals surface area contributed by atoms with Gasteiger partial charge in [-0.3, -0.25) is 9.59 Å². The zero-order chi connectivity index (χ0) is 21.7. The van der Waals surface area contributed by atoms with Gasteiger partial charge in [-0.2, -0.15) is 0 Å². The molecule has 1 fully saturated rings. The highest BCUT2D eigenvalue weighted by molar-refractivity contribution is 6.46. The van der Waals surface area contributed by atoms with Crippen molar-refractivity contribution in [3.05, 3.63) is 59.6 Å². The SMILES string of the molecule is CCN(CC)CCCN1C(=O)C(=O)/C(=C(/O)c2ccccc2OC)C1c1ccco1. The maximum absolute atomic E-state index is 12.9. The van der Waals surface area contributed by atoms with Crippen molar-refractivity contribution in [1.82, 2.24) is 9.80 Å². The summed E-state index contributed by atoms with van der Waals surface area (Å²) in [7, 11) is 1.49. The smallest absolute Gasteiger partial charge is 0.295 e. The molecule has 2 aromatic rings. The molecule has 1 aromatic carbocycles. The van der Waals surface area contributed by atoms with E-state index in [2.05, 4.69) is 18.7 Å². The van der Waals surface area contributed by atoms with Gasteiger partial charge in [-0.15, -0.1) is 0 Å². The lowest BCUT2D eigenvalue weighted by Crippen LogP contribution is -2.33. The zero-order valence-corrected chi connectivity index (χ0v) is 17.6. The van der Waals surface area contributed by atoms with Crippen LogP contribution in [0.15, 0.2) is 52.7 Å². The highest BCUT2D eigenvalue weighted by atomic mass is 16.5. The maximum atomic E-state index is 12.9. The quantitative estimate of drug-likeness (QED) is 0.386. The van der Waals surface area contributed by atoms with Crippen LogP contribution in [0.3, 0.4) is 0 Å². The van der Waals surface area contributed by atoms with E-state index in [1.165, 1.54) is 18.3 Å². The van der Waals surface area contributed by atoms with Gasteiger partial charge in [0.1, 0.15) is 23.3 Å². The van der Waals surface area contributed by atoms with Crippen LogP contribution in [0, 0.1) is 0 Å². The van der Waals surface area contributed by atoms with E-state index in [-0.39, 0.29) is 11.3 Å². The molecule has 1 N–H and O–H groups in total. The second-order valence-corrected chi connectivity index (χ2v) is 7.09. The molecule has 1 aromatic heterocycles. The third-order valence-electron chi connectivity index (χ3n) is 5.48. The molecule has 2 heterocycles. The minimum absolute atomic E-state index is 0.0160. The van der Waals surface area contributed by atoms with Crippen molar-refractivity contribution in [2.24, 2.45) is 0 Å². The molecule has 1 saturated heterocycles. The number of ketones is 1. The Hall–Kier alpha value is -3.06. The van der Waals surface area contributed by atoms with Crippen LogP contribution in [-0.2, 0) is 9.59 Å². The van der Waals surface area contributed by atoms with Gasteiger partial charge in [0.25, 0.3) is 11.7 Å². The Labute approximate surface area is 176 Å². The second-order valence-electron chi connectivity index (χ2n) is 7.09. The third kappa shape index (κ3) is 4.11. The summed E-state index contributed by atoms with van der Waals surface area (Å²) in [6, 6.07) is 9.49. The Kier molecular flexibility index (Phi) is 6.95. The molecule has 7 nitrogen and oxygen atoms in total. The number of hydrogen-bond donors (Lipinski definition) is 1. The Bertz CT molecular complexity index is 915. The van der Waals surface area contributed by atoms with Crippen LogP contribution < -0.4 is 4.74 Å². The summed E-state index contributed by atoms with van der Waals surface area (Å²) in [5.74, 6) is -0.761. The van der Waals surface area contributed by atoms with E-state index >= 15 is 0 Å². The second kappa shape index (κ2) is 9.63. The van der Waals surface area contributed by atoms with E-state index in [1.54, 1.807) is 36.4 Å². The summed E-state index contributed by atoms with van der Waals surface area (Å²) in [6.45, 7) is 7.22. The van der Waals surface area contributed by atoms with E-state index in [9.17, 15) is 14.7 Å². The first kappa shape index (κ1) is 21.6. The Morgan fingerprint density at radius 1 is 1.17 bits per heavy atom. The van der Waals surface area contributed by atoms with Crippen molar-refractivity contribution in [2.45, 2.75) is 26.3 Å². The molecule has 7 heteroatoms. The van der Waals surface area contributed by atoms with Crippen molar-refractivity contribution in [3.8, 4) is 5.75 Å². The summed E-state index contributed by atoms with van der Waals surface area (Å²) in [5, 5.41) is 11.0. The minimum Gasteiger partial charge on any atom is -0.507 e. The average molecular weight is 412 g/mol. The molecule has 0 radical (unpaired) electrons. The molecule has 0 spiro atoms. The number of methoxy groups -OCH3 is 1. The van der Waals surface area contributed by atoms with Crippen LogP contribution >= 0.6 is 0 Å². The molecular formula is C23H28N2O5. The number of carbonyl (C=O) groups excluding carboxylic acids is 2. The Morgan fingerprint density at radius 2 is 1.90 bits per heavy atom. The first-order valence-electron chi connectivity index (χ1n) is 10.2. The van der Waals surface area contributed by atoms with Gasteiger partial charge in [-0.25, -0.2) is 0 Å². The molecule has 1 unspecified atom stereocenters. The minimum atomic E-state index is -0.776. The van der Waals surface area contributed by atoms with Crippen LogP contribution in [0.4, 0.5) is 0 Å². The number of hydrogen-bond acceptors (Lipinski definition) is 6. The van der Waals surface area contributed by atoms with E-state index in [1.807, 2.05) is 0 Å². The predicted molar refractivity (Wildman–Crippen MR) is 113 cm³/mol. The van der Waals surface area contributed by atoms with Gasteiger partial charge in [-0.1, -0.05) is 26.0 Å². The lowest BCUT2D eigenvalue weighted by Gasteiger charge is -2.25. The lowest BCUT2D eigenvalue weighted by molar-refractivity contribution is -0.140. The fraction of sp³-hybridized carbons (Fsp3) is 0.391. The van der Waals surface area contributed by atoms with Crippen LogP contribution in [0.1, 0.15) is 37.6 Å². The van der Waals surface area contributed by atoms with Crippen molar-refractivity contribution in [2.75, 3.05) is 33.3 Å². The van der Waals surface area contributed by atoms with E-state index in [0.717, 1.165) is 19.6 Å². The van der Waals surface area contributed by atoms with Crippen LogP contribution in [0.2, 0.25) is 0 Å². The highest BCUT2D eigenvalue weighted by Crippen LogP contribution is 2.40. The number of carbonyl (C=O) groups is 2. The molecular weight excluding hydrogens is 384 g/mol. The van der Waals surface area contributed by atoms with Gasteiger partial charge < -0.3 is 24.1 Å². The number of para-hydroxylation sites is 1. The summed E-state index contributed by atoms with van der Waals surface area (Å²) in [5.41, 5.74) is 0.375. The number of benzene rings is 1. The molecule has 1 atom stereocenters. The lowest BCUT2D eigenvalue weighted by atomic mass is 9.99. The fourth-order valence-electron chi connectivity index (χ4n) is 3.84. The van der Waals surface area contributed by atoms with Gasteiger partial charge in [0.2, 0.25) is 0 Å². The van der Waals surface area contributed by atoms with Crippen molar-refractivity contribution in [3.63, 3.8) is 0 Å². The normalized spacial score (nSPS) is 18.4. The number of ether oxygens (including phenoxy) is 1. The van der Waals surface area contributed by atoms with Gasteiger partial charge in [0.05, 0.1) is 24.5 Å². The topological polar surface area (TPSA) is 83.2 Å². The Balaban J connectivity index is 2.00. The van der Waals surface area contributed by atoms with E-state index in [4.69, 9.17) is 9.15 Å². The molecule has 160 valence electrons. The molecule has 1 aliphatic rings. The number of aliphatic hydroxyl groups is 1. The van der Waals surface area contributed by atoms with Crippen LogP contribution in [0.5, 0.6) is 5.75 Å². The molecule has 0 bridgehead atoms. The van der Waals surface area contributed by atoms with Gasteiger partial charge >= 0.3 is 0 Å². The fourth-order valence-corrected chi connectivity index (χ4v) is 3.84. The predicted octanol–water partition coefficient (Wildman–Crippen LogP) is 3.44. The van der Waals surface area contributed by atoms with Gasteiger partial charge in [0.15, 0.2) is 0 Å². The number of aliphatic hydroxyl groups excluding tert-OH is 1. The molecule has 3 rings (SSSR count). The average Bonchev–Trinajstić information content (AvgIpc) is 3.38. The summed E-state index contributed by atoms with van der Waals surface area (Å²) in [6.07, 6.45) is 2.20. The summed E-state index contributed by atoms with van der Waals surface area (Å²) >= 11 is 0. The maximum Gasteiger partial charge on any atom is 0.295 e. The molecule has 0 aliphatic carbocycles. The molecule has 1 aliphatic heterocycles. The summed E-state index contributed by atoms with van der Waals surface area (Å²) in [4.78, 5) is 29.6. The standard InChI is InChI=1S/C23H28N2O5/c1-4-24(5-2)13-9-14-25-20(18-12-8-15-30-18)19(22(27)23(25)28)21(26)16-10-6-7-11-17(16)29-3/h6-8,10-12,15,20,26H,4-5,9,13-14H2,1-3H3/b21-19+. The van der Waals surface area contributed by atoms with Crippen LogP contribution in [-0.4, -0.2) is 59.9 Å². The monoisotopic (exact) mass is 412 g/mol. The number of Topliss-reactive ketones (excluding diaryl/α,β-unsaturated/α-hetero) is 1. The number of rotatable bonds is 9. The largest absolute Gasteiger partial charge is 0.507 e. The van der Waals surface area contributed by atoms with Gasteiger partial charge in [-0.05, 0) is 50.3 Å². The first-order valence-corrected chi connectivity index (χ1v) is 10.2. The number of amides is 1. The third-order valence-corrected chi connectivity index (χ3v) is 5.48. The number of likely N-dealkylation sites (tertiary alicyclic amines) is 1. The first-order chi connectivity index (χ1) is 14.5. The highest BCUT2D eigenvalue weighted by Gasteiger charge is 2.47. The molecule has 30 heavy (non-hydrogen) atoms. The molecule has 0 saturated carbocycles. The molecule has 1 amide bonds. The van der Waals surface area contributed by atoms with Crippen molar-refractivity contribution in [1.29, 1.82) is 0 Å². The van der Waals surface area contributed by atoms with Crippen molar-refractivity contribution < 1.29 is 23.8 Å². The zero-order valence-electron chi connectivity index (χ0n) is 17.6. The number of furan rings is 1. The van der Waals surface area contributed by atoms with Crippen LogP contribution in [0.25, 0.3) is 5.76 Å². The number of nitrogens with zero attached hydrogens (tertiary/aromatic N) is 2. The summed E-state index contributed by atoms with van der Waals surface area (Å²) < 4.78 is 10.9. The van der Waals surface area contributed by atoms with E-state index in [0.29, 0.717) is 30.0 Å².